The molecule has 1 aromatic carbocycles. The first-order chi connectivity index (χ1) is 11.6. The van der Waals surface area contributed by atoms with Crippen molar-refractivity contribution < 1.29 is 4.39 Å². The molecule has 0 atom stereocenters. The van der Waals surface area contributed by atoms with Crippen LogP contribution in [-0.4, -0.2) is 31.3 Å². The lowest BCUT2D eigenvalue weighted by atomic mass is 10.2. The van der Waals surface area contributed by atoms with Crippen molar-refractivity contribution in [2.24, 2.45) is 5.10 Å². The molecule has 1 aliphatic rings. The Hall–Kier alpha value is -2.32. The molecule has 3 aromatic rings. The minimum absolute atomic E-state index is 0.195. The summed E-state index contributed by atoms with van der Waals surface area (Å²) in [7, 11) is 0. The van der Waals surface area contributed by atoms with Crippen molar-refractivity contribution in [3.05, 3.63) is 50.6 Å². The van der Waals surface area contributed by atoms with Gasteiger partial charge in [0.1, 0.15) is 11.5 Å². The van der Waals surface area contributed by atoms with Gasteiger partial charge in [0.25, 0.3) is 0 Å². The van der Waals surface area contributed by atoms with Crippen LogP contribution < -0.4 is 0 Å². The van der Waals surface area contributed by atoms with E-state index in [0.717, 1.165) is 30.5 Å². The number of fused-ring (bicyclic) bond motifs is 1. The van der Waals surface area contributed by atoms with Gasteiger partial charge in [0, 0.05) is 16.8 Å². The molecule has 0 saturated heterocycles. The van der Waals surface area contributed by atoms with Crippen molar-refractivity contribution in [3.8, 4) is 11.5 Å². The van der Waals surface area contributed by atoms with Gasteiger partial charge in [-0.05, 0) is 43.6 Å². The predicted molar refractivity (Wildman–Crippen MR) is 91.4 cm³/mol. The highest BCUT2D eigenvalue weighted by Crippen LogP contribution is 2.29. The number of nitrogens with one attached hydrogen (secondary N) is 2. The lowest BCUT2D eigenvalue weighted by Gasteiger charge is -2.01. The molecular weight excluding hydrogens is 351 g/mol. The van der Waals surface area contributed by atoms with Crippen LogP contribution in [0.4, 0.5) is 4.39 Å². The third-order valence-electron chi connectivity index (χ3n) is 3.97. The molecule has 0 amide bonds. The SMILES string of the molecule is Fc1cccc(Cl)c1C=Nn1c(-c2n[nH]c3c2CCC3)n[nH]c1=S. The van der Waals surface area contributed by atoms with E-state index in [9.17, 15) is 4.39 Å². The zero-order valence-electron chi connectivity index (χ0n) is 12.4. The summed E-state index contributed by atoms with van der Waals surface area (Å²) in [4.78, 5) is 0. The predicted octanol–water partition coefficient (Wildman–Crippen LogP) is 3.49. The Morgan fingerprint density at radius 1 is 1.29 bits per heavy atom. The van der Waals surface area contributed by atoms with E-state index in [4.69, 9.17) is 23.8 Å². The summed E-state index contributed by atoms with van der Waals surface area (Å²) in [5.41, 5.74) is 3.16. The molecule has 0 saturated carbocycles. The number of hydrogen-bond donors (Lipinski definition) is 2. The lowest BCUT2D eigenvalue weighted by Crippen LogP contribution is -1.98. The number of aryl methyl sites for hydroxylation is 1. The summed E-state index contributed by atoms with van der Waals surface area (Å²) in [6.45, 7) is 0. The Balaban J connectivity index is 1.78. The highest BCUT2D eigenvalue weighted by molar-refractivity contribution is 7.71. The second-order valence-corrected chi connectivity index (χ2v) is 6.22. The normalized spacial score (nSPS) is 13.8. The molecule has 4 rings (SSSR count). The molecule has 0 unspecified atom stereocenters. The maximum absolute atomic E-state index is 13.9. The van der Waals surface area contributed by atoms with Crippen LogP contribution in [0.15, 0.2) is 23.3 Å². The van der Waals surface area contributed by atoms with Gasteiger partial charge in [-0.15, -0.1) is 0 Å². The second-order valence-electron chi connectivity index (χ2n) is 5.43. The first kappa shape index (κ1) is 15.2. The molecule has 2 heterocycles. The Morgan fingerprint density at radius 2 is 2.17 bits per heavy atom. The van der Waals surface area contributed by atoms with E-state index < -0.39 is 5.82 Å². The molecule has 1 aliphatic carbocycles. The minimum Gasteiger partial charge on any atom is -0.282 e. The van der Waals surface area contributed by atoms with E-state index in [2.05, 4.69) is 25.5 Å². The van der Waals surface area contributed by atoms with E-state index in [0.29, 0.717) is 16.3 Å². The summed E-state index contributed by atoms with van der Waals surface area (Å²) in [6, 6.07) is 4.46. The molecule has 6 nitrogen and oxygen atoms in total. The maximum Gasteiger partial charge on any atom is 0.216 e. The largest absolute Gasteiger partial charge is 0.282 e. The van der Waals surface area contributed by atoms with Crippen LogP contribution in [0.1, 0.15) is 23.2 Å². The van der Waals surface area contributed by atoms with Crippen molar-refractivity contribution in [1.29, 1.82) is 0 Å². The first-order valence-electron chi connectivity index (χ1n) is 7.37. The van der Waals surface area contributed by atoms with Gasteiger partial charge in [-0.3, -0.25) is 5.10 Å². The fourth-order valence-corrected chi connectivity index (χ4v) is 3.20. The van der Waals surface area contributed by atoms with Gasteiger partial charge in [0.2, 0.25) is 10.6 Å². The molecule has 0 bridgehead atoms. The van der Waals surface area contributed by atoms with Gasteiger partial charge in [-0.25, -0.2) is 9.49 Å². The van der Waals surface area contributed by atoms with E-state index >= 15 is 0 Å². The van der Waals surface area contributed by atoms with Crippen molar-refractivity contribution in [3.63, 3.8) is 0 Å². The minimum atomic E-state index is -0.455. The fourth-order valence-electron chi connectivity index (χ4n) is 2.81. The van der Waals surface area contributed by atoms with Crippen molar-refractivity contribution >= 4 is 30.0 Å². The van der Waals surface area contributed by atoms with E-state index in [1.165, 1.54) is 23.0 Å². The van der Waals surface area contributed by atoms with E-state index in [1.807, 2.05) is 0 Å². The fraction of sp³-hybridized carbons (Fsp3) is 0.200. The molecule has 2 aromatic heterocycles. The Kier molecular flexibility index (Phi) is 3.78. The van der Waals surface area contributed by atoms with Gasteiger partial charge in [-0.1, -0.05) is 17.7 Å². The Bertz CT molecular complexity index is 982. The van der Waals surface area contributed by atoms with Crippen LogP contribution in [0, 0.1) is 10.6 Å². The van der Waals surface area contributed by atoms with Gasteiger partial charge in [0.15, 0.2) is 0 Å². The Labute approximate surface area is 146 Å². The quantitative estimate of drug-likeness (QED) is 0.553. The molecule has 122 valence electrons. The third kappa shape index (κ3) is 2.47. The standard InChI is InChI=1S/C15H12ClFN6S/c16-10-4-2-5-11(17)9(10)7-18-23-14(21-22-15(23)24)13-8-3-1-6-12(8)19-20-13/h2,4-5,7H,1,3,6H2,(H,19,20)(H,22,24). The molecular formula is C15H12ClFN6S. The van der Waals surface area contributed by atoms with Crippen LogP contribution in [0.2, 0.25) is 5.02 Å². The van der Waals surface area contributed by atoms with Crippen LogP contribution >= 0.6 is 23.8 Å². The molecule has 9 heteroatoms. The summed E-state index contributed by atoms with van der Waals surface area (Å²) in [5.74, 6) is 0.0339. The van der Waals surface area contributed by atoms with Gasteiger partial charge >= 0.3 is 0 Å². The van der Waals surface area contributed by atoms with Crippen molar-refractivity contribution in [1.82, 2.24) is 25.1 Å². The zero-order valence-corrected chi connectivity index (χ0v) is 14.0. The number of aromatic amines is 2. The average Bonchev–Trinajstić information content (AvgIpc) is 3.23. The highest BCUT2D eigenvalue weighted by Gasteiger charge is 2.23. The van der Waals surface area contributed by atoms with Gasteiger partial charge in [-0.2, -0.15) is 20.0 Å². The number of benzene rings is 1. The molecule has 2 N–H and O–H groups in total. The molecule has 0 spiro atoms. The summed E-state index contributed by atoms with van der Waals surface area (Å²) in [5, 5.41) is 18.8. The average molecular weight is 363 g/mol. The smallest absolute Gasteiger partial charge is 0.216 e. The summed E-state index contributed by atoms with van der Waals surface area (Å²) >= 11 is 11.2. The molecule has 24 heavy (non-hydrogen) atoms. The molecule has 0 aliphatic heterocycles. The first-order valence-corrected chi connectivity index (χ1v) is 8.16. The van der Waals surface area contributed by atoms with Gasteiger partial charge in [0.05, 0.1) is 11.2 Å². The number of aromatic nitrogens is 5. The maximum atomic E-state index is 13.9. The van der Waals surface area contributed by atoms with Crippen LogP contribution in [-0.2, 0) is 12.8 Å². The van der Waals surface area contributed by atoms with Crippen molar-refractivity contribution in [2.45, 2.75) is 19.3 Å². The van der Waals surface area contributed by atoms with Crippen LogP contribution in [0.3, 0.4) is 0 Å². The number of hydrogen-bond acceptors (Lipinski definition) is 4. The second kappa shape index (κ2) is 5.95. The van der Waals surface area contributed by atoms with Crippen molar-refractivity contribution in [2.75, 3.05) is 0 Å². The number of halogens is 2. The van der Waals surface area contributed by atoms with Crippen LogP contribution in [0.5, 0.6) is 0 Å². The number of nitrogens with zero attached hydrogens (tertiary/aromatic N) is 4. The monoisotopic (exact) mass is 362 g/mol. The number of H-pyrrole nitrogens is 2. The van der Waals surface area contributed by atoms with Gasteiger partial charge < -0.3 is 0 Å². The number of rotatable bonds is 3. The van der Waals surface area contributed by atoms with E-state index in [1.54, 1.807) is 6.07 Å². The Morgan fingerprint density at radius 3 is 3.00 bits per heavy atom. The van der Waals surface area contributed by atoms with Crippen LogP contribution in [0.25, 0.3) is 11.5 Å². The molecule has 0 radical (unpaired) electrons. The summed E-state index contributed by atoms with van der Waals surface area (Å²) < 4.78 is 15.6. The topological polar surface area (TPSA) is 74.7 Å². The molecule has 0 fully saturated rings. The zero-order chi connectivity index (χ0) is 16.7. The van der Waals surface area contributed by atoms with E-state index in [-0.39, 0.29) is 10.6 Å². The highest BCUT2D eigenvalue weighted by atomic mass is 35.5. The lowest BCUT2D eigenvalue weighted by molar-refractivity contribution is 0.625. The third-order valence-corrected chi connectivity index (χ3v) is 4.56. The summed E-state index contributed by atoms with van der Waals surface area (Å²) in [6.07, 6.45) is 4.32.